The minimum absolute atomic E-state index is 0.326. The van der Waals surface area contributed by atoms with Gasteiger partial charge in [-0.2, -0.15) is 0 Å². The molecule has 0 radical (unpaired) electrons. The van der Waals surface area contributed by atoms with Gasteiger partial charge in [0.1, 0.15) is 6.04 Å². The van der Waals surface area contributed by atoms with Crippen LogP contribution in [0.2, 0.25) is 5.02 Å². The molecule has 0 spiro atoms. The summed E-state index contributed by atoms with van der Waals surface area (Å²) in [6.45, 7) is 1.93. The number of hydrogen-bond acceptors (Lipinski definition) is 2. The fraction of sp³-hybridized carbons (Fsp3) is 0.200. The van der Waals surface area contributed by atoms with E-state index < -0.39 is 0 Å². The van der Waals surface area contributed by atoms with Gasteiger partial charge in [0.05, 0.1) is 0 Å². The average molecular weight is 195 g/mol. The molecule has 1 aromatic carbocycles. The van der Waals surface area contributed by atoms with Crippen LogP contribution in [-0.4, -0.2) is 0 Å². The van der Waals surface area contributed by atoms with E-state index in [0.717, 1.165) is 11.1 Å². The van der Waals surface area contributed by atoms with Gasteiger partial charge < -0.3 is 0 Å². The molecule has 0 aliphatic carbocycles. The molecule has 3 heteroatoms. The highest BCUT2D eigenvalue weighted by atomic mass is 35.5. The first-order valence-corrected chi connectivity index (χ1v) is 4.25. The number of terminal acetylenes is 1. The van der Waals surface area contributed by atoms with Crippen LogP contribution in [0.15, 0.2) is 18.2 Å². The van der Waals surface area contributed by atoms with Gasteiger partial charge in [0, 0.05) is 10.6 Å². The Labute approximate surface area is 83.1 Å². The van der Waals surface area contributed by atoms with Crippen LogP contribution in [0.5, 0.6) is 0 Å². The zero-order valence-corrected chi connectivity index (χ0v) is 8.10. The second kappa shape index (κ2) is 4.29. The van der Waals surface area contributed by atoms with Crippen LogP contribution in [-0.2, 0) is 0 Å². The SMILES string of the molecule is C#CC(NN)c1cccc(C)c1Cl. The highest BCUT2D eigenvalue weighted by Gasteiger charge is 2.10. The van der Waals surface area contributed by atoms with Gasteiger partial charge >= 0.3 is 0 Å². The molecule has 0 heterocycles. The number of hydrazine groups is 1. The minimum Gasteiger partial charge on any atom is -0.270 e. The van der Waals surface area contributed by atoms with Crippen LogP contribution in [0, 0.1) is 19.3 Å². The maximum atomic E-state index is 6.05. The molecule has 0 amide bonds. The Kier molecular flexibility index (Phi) is 3.32. The summed E-state index contributed by atoms with van der Waals surface area (Å²) in [5.74, 6) is 7.80. The molecule has 68 valence electrons. The molecule has 0 saturated heterocycles. The molecule has 0 aliphatic heterocycles. The van der Waals surface area contributed by atoms with Gasteiger partial charge in [-0.1, -0.05) is 35.7 Å². The molecule has 2 nitrogen and oxygen atoms in total. The summed E-state index contributed by atoms with van der Waals surface area (Å²) in [5, 5.41) is 0.670. The number of hydrogen-bond donors (Lipinski definition) is 2. The third kappa shape index (κ3) is 2.02. The lowest BCUT2D eigenvalue weighted by atomic mass is 10.1. The molecule has 1 unspecified atom stereocenters. The van der Waals surface area contributed by atoms with Crippen LogP contribution in [0.1, 0.15) is 17.2 Å². The van der Waals surface area contributed by atoms with E-state index in [0.29, 0.717) is 5.02 Å². The third-order valence-electron chi connectivity index (χ3n) is 1.87. The van der Waals surface area contributed by atoms with Crippen LogP contribution in [0.3, 0.4) is 0 Å². The zero-order chi connectivity index (χ0) is 9.84. The van der Waals surface area contributed by atoms with E-state index in [-0.39, 0.29) is 6.04 Å². The average Bonchev–Trinajstić information content (AvgIpc) is 2.14. The van der Waals surface area contributed by atoms with Gasteiger partial charge in [-0.15, -0.1) is 6.42 Å². The summed E-state index contributed by atoms with van der Waals surface area (Å²) >= 11 is 6.05. The number of nitrogens with one attached hydrogen (secondary N) is 1. The fourth-order valence-corrected chi connectivity index (χ4v) is 1.36. The Morgan fingerprint density at radius 2 is 2.31 bits per heavy atom. The van der Waals surface area contributed by atoms with Crippen molar-refractivity contribution in [2.45, 2.75) is 13.0 Å². The Balaban J connectivity index is 3.15. The molecule has 0 fully saturated rings. The van der Waals surface area contributed by atoms with Crippen LogP contribution in [0.4, 0.5) is 0 Å². The number of rotatable bonds is 2. The molecule has 0 aromatic heterocycles. The van der Waals surface area contributed by atoms with Crippen molar-refractivity contribution < 1.29 is 0 Å². The van der Waals surface area contributed by atoms with Crippen molar-refractivity contribution in [3.8, 4) is 12.3 Å². The Hall–Kier alpha value is -1.01. The largest absolute Gasteiger partial charge is 0.270 e. The van der Waals surface area contributed by atoms with E-state index in [1.807, 2.05) is 25.1 Å². The molecule has 0 saturated carbocycles. The van der Waals surface area contributed by atoms with Gasteiger partial charge in [-0.05, 0) is 12.5 Å². The first kappa shape index (κ1) is 10.1. The predicted molar refractivity (Wildman–Crippen MR) is 55.1 cm³/mol. The molecule has 1 atom stereocenters. The number of benzene rings is 1. The van der Waals surface area contributed by atoms with E-state index in [4.69, 9.17) is 23.9 Å². The summed E-state index contributed by atoms with van der Waals surface area (Å²) in [6, 6.07) is 5.36. The standard InChI is InChI=1S/C10H11ClN2/c1-3-9(13-12)8-6-4-5-7(2)10(8)11/h1,4-6,9,13H,12H2,2H3. The van der Waals surface area contributed by atoms with Crippen LogP contribution >= 0.6 is 11.6 Å². The molecular formula is C10H11ClN2. The molecule has 0 aliphatic rings. The van der Waals surface area contributed by atoms with Crippen molar-refractivity contribution >= 4 is 11.6 Å². The topological polar surface area (TPSA) is 38.0 Å². The highest BCUT2D eigenvalue weighted by Crippen LogP contribution is 2.25. The van der Waals surface area contributed by atoms with E-state index in [1.54, 1.807) is 0 Å². The first-order chi connectivity index (χ1) is 6.20. The maximum absolute atomic E-state index is 6.05. The molecule has 13 heavy (non-hydrogen) atoms. The van der Waals surface area contributed by atoms with Crippen LogP contribution in [0.25, 0.3) is 0 Å². The number of halogens is 1. The summed E-state index contributed by atoms with van der Waals surface area (Å²) < 4.78 is 0. The van der Waals surface area contributed by atoms with Gasteiger partial charge in [0.15, 0.2) is 0 Å². The molecule has 1 aromatic rings. The molecular weight excluding hydrogens is 184 g/mol. The lowest BCUT2D eigenvalue weighted by molar-refractivity contribution is 0.673. The summed E-state index contributed by atoms with van der Waals surface area (Å²) in [6.07, 6.45) is 5.28. The lowest BCUT2D eigenvalue weighted by Gasteiger charge is -2.12. The Morgan fingerprint density at radius 1 is 1.62 bits per heavy atom. The first-order valence-electron chi connectivity index (χ1n) is 3.88. The van der Waals surface area contributed by atoms with E-state index in [1.165, 1.54) is 0 Å². The van der Waals surface area contributed by atoms with E-state index >= 15 is 0 Å². The lowest BCUT2D eigenvalue weighted by Crippen LogP contribution is -2.27. The van der Waals surface area contributed by atoms with E-state index in [9.17, 15) is 0 Å². The van der Waals surface area contributed by atoms with Crippen molar-refractivity contribution in [2.24, 2.45) is 5.84 Å². The monoisotopic (exact) mass is 194 g/mol. The summed E-state index contributed by atoms with van der Waals surface area (Å²) in [5.41, 5.74) is 4.35. The van der Waals surface area contributed by atoms with Crippen LogP contribution < -0.4 is 11.3 Å². The maximum Gasteiger partial charge on any atom is 0.108 e. The van der Waals surface area contributed by atoms with Crippen molar-refractivity contribution in [2.75, 3.05) is 0 Å². The van der Waals surface area contributed by atoms with Crippen molar-refractivity contribution in [1.29, 1.82) is 0 Å². The second-order valence-electron chi connectivity index (χ2n) is 2.74. The van der Waals surface area contributed by atoms with Crippen molar-refractivity contribution in [3.63, 3.8) is 0 Å². The summed E-state index contributed by atoms with van der Waals surface area (Å²) in [7, 11) is 0. The molecule has 0 bridgehead atoms. The van der Waals surface area contributed by atoms with Crippen molar-refractivity contribution in [3.05, 3.63) is 34.3 Å². The normalized spacial score (nSPS) is 12.2. The smallest absolute Gasteiger partial charge is 0.108 e. The van der Waals surface area contributed by atoms with Gasteiger partial charge in [-0.25, -0.2) is 5.43 Å². The van der Waals surface area contributed by atoms with E-state index in [2.05, 4.69) is 11.3 Å². The Bertz CT molecular complexity index is 341. The van der Waals surface area contributed by atoms with Gasteiger partial charge in [0.25, 0.3) is 0 Å². The van der Waals surface area contributed by atoms with Crippen molar-refractivity contribution in [1.82, 2.24) is 5.43 Å². The highest BCUT2D eigenvalue weighted by molar-refractivity contribution is 6.32. The fourth-order valence-electron chi connectivity index (χ4n) is 1.12. The predicted octanol–water partition coefficient (Wildman–Crippen LogP) is 1.79. The van der Waals surface area contributed by atoms with Gasteiger partial charge in [0.2, 0.25) is 0 Å². The molecule has 3 N–H and O–H groups in total. The third-order valence-corrected chi connectivity index (χ3v) is 2.38. The quantitative estimate of drug-likeness (QED) is 0.428. The zero-order valence-electron chi connectivity index (χ0n) is 7.34. The number of aryl methyl sites for hydroxylation is 1. The number of nitrogens with two attached hydrogens (primary N) is 1. The molecule has 1 rings (SSSR count). The van der Waals surface area contributed by atoms with Gasteiger partial charge in [-0.3, -0.25) is 5.84 Å². The second-order valence-corrected chi connectivity index (χ2v) is 3.12. The minimum atomic E-state index is -0.326. The Morgan fingerprint density at radius 3 is 2.85 bits per heavy atom. The summed E-state index contributed by atoms with van der Waals surface area (Å²) in [4.78, 5) is 0.